The van der Waals surface area contributed by atoms with E-state index < -0.39 is 6.67 Å². The van der Waals surface area contributed by atoms with Crippen LogP contribution in [0.15, 0.2) is 24.8 Å². The van der Waals surface area contributed by atoms with E-state index in [1.165, 1.54) is 0 Å². The normalized spacial score (nSPS) is 10.7. The third kappa shape index (κ3) is 2.65. The highest BCUT2D eigenvalue weighted by Gasteiger charge is 2.11. The van der Waals surface area contributed by atoms with E-state index >= 15 is 0 Å². The molecule has 0 unspecified atom stereocenters. The smallest absolute Gasteiger partial charge is 0.117 e. The maximum absolute atomic E-state index is 12.3. The summed E-state index contributed by atoms with van der Waals surface area (Å²) in [4.78, 5) is 8.22. The van der Waals surface area contributed by atoms with Crippen LogP contribution >= 0.6 is 0 Å². The number of alkyl halides is 1. The average molecular weight is 235 g/mol. The molecule has 2 rings (SSSR count). The van der Waals surface area contributed by atoms with Gasteiger partial charge in [0.15, 0.2) is 0 Å². The van der Waals surface area contributed by atoms with Crippen molar-refractivity contribution in [2.75, 3.05) is 13.7 Å². The minimum Gasteiger partial charge on any atom is -0.316 e. The first-order chi connectivity index (χ1) is 8.35. The van der Waals surface area contributed by atoms with E-state index in [0.717, 1.165) is 11.3 Å². The van der Waals surface area contributed by atoms with Crippen LogP contribution in [0.3, 0.4) is 0 Å². The summed E-state index contributed by atoms with van der Waals surface area (Å²) in [6, 6.07) is 0. The van der Waals surface area contributed by atoms with Gasteiger partial charge in [-0.1, -0.05) is 0 Å². The highest BCUT2D eigenvalue weighted by atomic mass is 19.1. The summed E-state index contributed by atoms with van der Waals surface area (Å²) < 4.78 is 13.9. The molecule has 0 saturated carbocycles. The molecule has 1 N–H and O–H groups in total. The SMILES string of the molecule is CNCc1cn(CCF)nc1-c1cnccn1. The third-order valence-corrected chi connectivity index (χ3v) is 2.32. The van der Waals surface area contributed by atoms with Crippen LogP contribution in [-0.4, -0.2) is 33.5 Å². The van der Waals surface area contributed by atoms with Gasteiger partial charge in [-0.3, -0.25) is 14.6 Å². The Balaban J connectivity index is 2.37. The van der Waals surface area contributed by atoms with Gasteiger partial charge in [0.2, 0.25) is 0 Å². The second kappa shape index (κ2) is 5.49. The number of aryl methyl sites for hydroxylation is 1. The van der Waals surface area contributed by atoms with Crippen molar-refractivity contribution in [2.45, 2.75) is 13.1 Å². The van der Waals surface area contributed by atoms with Crippen molar-refractivity contribution >= 4 is 0 Å². The molecule has 0 aliphatic rings. The van der Waals surface area contributed by atoms with Crippen LogP contribution in [-0.2, 0) is 13.1 Å². The molecule has 2 aromatic rings. The zero-order valence-electron chi connectivity index (χ0n) is 9.60. The maximum atomic E-state index is 12.3. The summed E-state index contributed by atoms with van der Waals surface area (Å²) in [7, 11) is 1.85. The Bertz CT molecular complexity index is 468. The van der Waals surface area contributed by atoms with Crippen molar-refractivity contribution in [3.8, 4) is 11.4 Å². The van der Waals surface area contributed by atoms with Crippen molar-refractivity contribution in [3.05, 3.63) is 30.4 Å². The van der Waals surface area contributed by atoms with Gasteiger partial charge in [-0.25, -0.2) is 4.39 Å². The minimum absolute atomic E-state index is 0.261. The van der Waals surface area contributed by atoms with Crippen LogP contribution < -0.4 is 5.32 Å². The van der Waals surface area contributed by atoms with Gasteiger partial charge in [-0.05, 0) is 7.05 Å². The molecular formula is C11H14FN5. The highest BCUT2D eigenvalue weighted by molar-refractivity contribution is 5.56. The Morgan fingerprint density at radius 3 is 2.94 bits per heavy atom. The fourth-order valence-electron chi connectivity index (χ4n) is 1.62. The second-order valence-corrected chi connectivity index (χ2v) is 3.58. The quantitative estimate of drug-likeness (QED) is 0.841. The number of rotatable bonds is 5. The molecule has 0 aliphatic heterocycles. The Morgan fingerprint density at radius 1 is 1.41 bits per heavy atom. The zero-order valence-corrected chi connectivity index (χ0v) is 9.60. The van der Waals surface area contributed by atoms with E-state index in [-0.39, 0.29) is 6.54 Å². The lowest BCUT2D eigenvalue weighted by Gasteiger charge is -1.99. The van der Waals surface area contributed by atoms with Crippen molar-refractivity contribution < 1.29 is 4.39 Å². The first kappa shape index (κ1) is 11.7. The van der Waals surface area contributed by atoms with Crippen LogP contribution in [0.4, 0.5) is 4.39 Å². The molecule has 2 aromatic heterocycles. The summed E-state index contributed by atoms with van der Waals surface area (Å²) in [6.45, 7) is 0.496. The fourth-order valence-corrected chi connectivity index (χ4v) is 1.62. The monoisotopic (exact) mass is 235 g/mol. The Hall–Kier alpha value is -1.82. The molecule has 5 nitrogen and oxygen atoms in total. The van der Waals surface area contributed by atoms with Crippen LogP contribution in [0.1, 0.15) is 5.56 Å². The van der Waals surface area contributed by atoms with Crippen molar-refractivity contribution in [1.29, 1.82) is 0 Å². The van der Waals surface area contributed by atoms with E-state index in [0.29, 0.717) is 12.2 Å². The molecule has 0 aromatic carbocycles. The summed E-state index contributed by atoms with van der Waals surface area (Å²) in [5.41, 5.74) is 2.44. The standard InChI is InChI=1S/C11H14FN5/c1-13-6-9-8-17(5-2-12)16-11(9)10-7-14-3-4-15-10/h3-4,7-8,13H,2,5-6H2,1H3. The van der Waals surface area contributed by atoms with Crippen LogP contribution in [0, 0.1) is 0 Å². The van der Waals surface area contributed by atoms with Gasteiger partial charge < -0.3 is 5.32 Å². The summed E-state index contributed by atoms with van der Waals surface area (Å²) >= 11 is 0. The number of nitrogens with one attached hydrogen (secondary N) is 1. The molecule has 0 radical (unpaired) electrons. The van der Waals surface area contributed by atoms with E-state index in [4.69, 9.17) is 0 Å². The van der Waals surface area contributed by atoms with Crippen LogP contribution in [0.2, 0.25) is 0 Å². The molecule has 0 spiro atoms. The summed E-state index contributed by atoms with van der Waals surface area (Å²) in [5.74, 6) is 0. The number of nitrogens with zero attached hydrogens (tertiary/aromatic N) is 4. The number of hydrogen-bond donors (Lipinski definition) is 1. The molecule has 0 atom stereocenters. The molecular weight excluding hydrogens is 221 g/mol. The Morgan fingerprint density at radius 2 is 2.29 bits per heavy atom. The molecule has 2 heterocycles. The van der Waals surface area contributed by atoms with Gasteiger partial charge in [-0.2, -0.15) is 5.10 Å². The van der Waals surface area contributed by atoms with Crippen molar-refractivity contribution in [2.24, 2.45) is 0 Å². The second-order valence-electron chi connectivity index (χ2n) is 3.58. The van der Waals surface area contributed by atoms with E-state index in [9.17, 15) is 4.39 Å². The summed E-state index contributed by atoms with van der Waals surface area (Å²) in [5, 5.41) is 7.38. The van der Waals surface area contributed by atoms with Crippen LogP contribution in [0.25, 0.3) is 11.4 Å². The van der Waals surface area contributed by atoms with E-state index in [1.54, 1.807) is 23.3 Å². The van der Waals surface area contributed by atoms with E-state index in [2.05, 4.69) is 20.4 Å². The van der Waals surface area contributed by atoms with E-state index in [1.807, 2.05) is 13.2 Å². The highest BCUT2D eigenvalue weighted by Crippen LogP contribution is 2.18. The largest absolute Gasteiger partial charge is 0.316 e. The fraction of sp³-hybridized carbons (Fsp3) is 0.364. The third-order valence-electron chi connectivity index (χ3n) is 2.32. The zero-order chi connectivity index (χ0) is 12.1. The topological polar surface area (TPSA) is 55.6 Å². The molecule has 0 bridgehead atoms. The molecule has 0 fully saturated rings. The molecule has 17 heavy (non-hydrogen) atoms. The first-order valence-corrected chi connectivity index (χ1v) is 5.38. The predicted octanol–water partition coefficient (Wildman–Crippen LogP) is 1.03. The van der Waals surface area contributed by atoms with Gasteiger partial charge in [0, 0.05) is 30.7 Å². The van der Waals surface area contributed by atoms with Gasteiger partial charge >= 0.3 is 0 Å². The number of hydrogen-bond acceptors (Lipinski definition) is 4. The van der Waals surface area contributed by atoms with Gasteiger partial charge in [0.05, 0.1) is 12.7 Å². The Labute approximate surface area is 98.7 Å². The summed E-state index contributed by atoms with van der Waals surface area (Å²) in [6.07, 6.45) is 6.72. The lowest BCUT2D eigenvalue weighted by Crippen LogP contribution is -2.05. The molecule has 0 aliphatic carbocycles. The molecule has 6 heteroatoms. The maximum Gasteiger partial charge on any atom is 0.117 e. The minimum atomic E-state index is -0.430. The predicted molar refractivity (Wildman–Crippen MR) is 62.0 cm³/mol. The molecule has 0 amide bonds. The van der Waals surface area contributed by atoms with Gasteiger partial charge in [-0.15, -0.1) is 0 Å². The van der Waals surface area contributed by atoms with Crippen LogP contribution in [0.5, 0.6) is 0 Å². The number of halogens is 1. The average Bonchev–Trinajstić information content (AvgIpc) is 2.74. The first-order valence-electron chi connectivity index (χ1n) is 5.38. The number of aromatic nitrogens is 4. The van der Waals surface area contributed by atoms with Gasteiger partial charge in [0.25, 0.3) is 0 Å². The lowest BCUT2D eigenvalue weighted by atomic mass is 10.2. The lowest BCUT2D eigenvalue weighted by molar-refractivity contribution is 0.427. The van der Waals surface area contributed by atoms with Gasteiger partial charge in [0.1, 0.15) is 18.1 Å². The molecule has 0 saturated heterocycles. The Kier molecular flexibility index (Phi) is 3.77. The van der Waals surface area contributed by atoms with Crippen molar-refractivity contribution in [3.63, 3.8) is 0 Å². The van der Waals surface area contributed by atoms with Crippen molar-refractivity contribution in [1.82, 2.24) is 25.1 Å². The molecule has 90 valence electrons.